The summed E-state index contributed by atoms with van der Waals surface area (Å²) in [6.45, 7) is 51.1. The van der Waals surface area contributed by atoms with Crippen molar-refractivity contribution in [1.29, 1.82) is 0 Å². The van der Waals surface area contributed by atoms with Crippen molar-refractivity contribution < 1.29 is 81.9 Å². The van der Waals surface area contributed by atoms with Crippen LogP contribution in [0.4, 0.5) is 9.59 Å². The van der Waals surface area contributed by atoms with E-state index in [1.165, 1.54) is 18.2 Å². The fourth-order valence-corrected chi connectivity index (χ4v) is 5.84. The number of hydrogen-bond donors (Lipinski definition) is 9. The van der Waals surface area contributed by atoms with E-state index in [2.05, 4.69) is 15.4 Å². The lowest BCUT2D eigenvalue weighted by atomic mass is 9.82. The van der Waals surface area contributed by atoms with Gasteiger partial charge in [0, 0.05) is 36.0 Å². The summed E-state index contributed by atoms with van der Waals surface area (Å²) in [6.07, 6.45) is 14.5. The Balaban J connectivity index is -0.000000245. The Morgan fingerprint density at radius 2 is 0.922 bits per heavy atom. The van der Waals surface area contributed by atoms with Gasteiger partial charge in [0.1, 0.15) is 29.4 Å². The monoisotopic (exact) mass is 1280 g/mol. The predicted octanol–water partition coefficient (Wildman–Crippen LogP) is 9.81. The van der Waals surface area contributed by atoms with Crippen LogP contribution in [0, 0.1) is 44.8 Å². The maximum absolute atomic E-state index is 12.0. The van der Waals surface area contributed by atoms with Crippen molar-refractivity contribution in [3.63, 3.8) is 0 Å². The number of carbonyl (C=O) groups is 11. The molecule has 1 aliphatic rings. The van der Waals surface area contributed by atoms with E-state index < -0.39 is 76.7 Å². The largest absolute Gasteiger partial charge is 0.519 e. The Hall–Kier alpha value is -7.63. The second kappa shape index (κ2) is 42.4. The molecule has 0 aromatic carbocycles. The number of nitrogens with two attached hydrogens (primary N) is 5. The van der Waals surface area contributed by atoms with Gasteiger partial charge in [-0.1, -0.05) is 173 Å². The summed E-state index contributed by atoms with van der Waals surface area (Å²) in [5.41, 5.74) is 25.1. The summed E-state index contributed by atoms with van der Waals surface area (Å²) in [5, 5.41) is 21.5. The quantitative estimate of drug-likeness (QED) is 0.0257. The van der Waals surface area contributed by atoms with E-state index in [0.717, 1.165) is 11.6 Å². The number of amides is 6. The van der Waals surface area contributed by atoms with Gasteiger partial charge in [0.05, 0.1) is 12.0 Å². The molecule has 0 bridgehead atoms. The molecular formula is C66H117N7O17. The average molecular weight is 1280 g/mol. The van der Waals surface area contributed by atoms with Crippen LogP contribution in [0.15, 0.2) is 71.9 Å². The van der Waals surface area contributed by atoms with E-state index in [4.69, 9.17) is 53.1 Å². The van der Waals surface area contributed by atoms with Crippen LogP contribution in [0.5, 0.6) is 0 Å². The second-order valence-corrected chi connectivity index (χ2v) is 28.5. The fourth-order valence-electron chi connectivity index (χ4n) is 5.84. The van der Waals surface area contributed by atoms with Gasteiger partial charge in [-0.3, -0.25) is 33.6 Å². The van der Waals surface area contributed by atoms with E-state index >= 15 is 0 Å². The average Bonchev–Trinajstić information content (AvgIpc) is 1.73. The number of cyclic esters (lactones) is 1. The van der Waals surface area contributed by atoms with Gasteiger partial charge in [0.15, 0.2) is 0 Å². The van der Waals surface area contributed by atoms with Gasteiger partial charge in [0.25, 0.3) is 0 Å². The lowest BCUT2D eigenvalue weighted by molar-refractivity contribution is -0.147. The number of hydrogen-bond acceptors (Lipinski definition) is 16. The molecule has 0 spiro atoms. The number of carboxylic acids is 2. The second-order valence-electron chi connectivity index (χ2n) is 28.5. The molecule has 24 heteroatoms. The number of rotatable bonds is 14. The number of ether oxygens (including phenoxy) is 4. The van der Waals surface area contributed by atoms with E-state index in [9.17, 15) is 52.7 Å². The Morgan fingerprint density at radius 1 is 0.556 bits per heavy atom. The Bertz CT molecular complexity index is 2410. The summed E-state index contributed by atoms with van der Waals surface area (Å²) >= 11 is 0. The van der Waals surface area contributed by atoms with E-state index in [1.807, 2.05) is 143 Å². The number of allylic oxidation sites excluding steroid dienone is 6. The first-order valence-electron chi connectivity index (χ1n) is 29.3. The minimum atomic E-state index is -1.06. The van der Waals surface area contributed by atoms with Gasteiger partial charge in [-0.2, -0.15) is 0 Å². The van der Waals surface area contributed by atoms with Crippen molar-refractivity contribution in [2.45, 2.75) is 236 Å². The zero-order valence-electron chi connectivity index (χ0n) is 59.4. The summed E-state index contributed by atoms with van der Waals surface area (Å²) in [6, 6.07) is -1.93. The standard InChI is InChI=1S/C22H32N2O4.C10H18N2O2.C10H18O5.C7H15NO.C7H14O2.C6H14N2O.C4H6O2/c1-14(13-16(3)17-12-11-15(2)21(27)28-17)9-7-8-10-18(25)24-19(20(23)26)22(4,5)6;1-5-6-7(13)12-8(9(11)14)10(2,3)4;1-9(2,3)14-7(11)13-8(12)15-10(4,5)6;2*1-5(6(8)9)7(2,3)4;1-6(2,3)4(7)5(8)9;1-2-3-4(5)6/h7-11,13,16-17,19H,12H2,1-6H3,(H2,23,26)(H,24,25);5-6,8H,1-4H3,(H2,11,14)(H,12,13);1-6H3;5H,1-4H3,(H2,8,9);5H,1-4H3,(H,8,9);4H,7H2,1-3H3,(H2,8,9);2-3H,1H3,(H,5,6)/b9-7-,10-8-,14-13+;6-5-;;;;;3-2-/t16-,17-,19+;8-;;2*5-;4-;/m01.111./s1. The summed E-state index contributed by atoms with van der Waals surface area (Å²) in [7, 11) is 0. The fraction of sp³-hybridized carbons (Fsp3) is 0.652. The lowest BCUT2D eigenvalue weighted by Gasteiger charge is -2.28. The van der Waals surface area contributed by atoms with Gasteiger partial charge in [-0.05, 0) is 102 Å². The minimum absolute atomic E-state index is 0.00579. The number of nitrogens with one attached hydrogen (secondary N) is 2. The highest BCUT2D eigenvalue weighted by Gasteiger charge is 2.33. The van der Waals surface area contributed by atoms with E-state index in [0.29, 0.717) is 12.0 Å². The number of carbonyl (C=O) groups excluding carboxylic acids is 9. The molecule has 0 aliphatic carbocycles. The molecule has 0 saturated carbocycles. The highest BCUT2D eigenvalue weighted by atomic mass is 16.8. The van der Waals surface area contributed by atoms with Crippen molar-refractivity contribution in [1.82, 2.24) is 10.6 Å². The van der Waals surface area contributed by atoms with Crippen LogP contribution < -0.4 is 39.3 Å². The molecule has 90 heavy (non-hydrogen) atoms. The van der Waals surface area contributed by atoms with Crippen molar-refractivity contribution in [3.05, 3.63) is 71.9 Å². The predicted molar refractivity (Wildman–Crippen MR) is 352 cm³/mol. The first-order valence-corrected chi connectivity index (χ1v) is 29.3. The van der Waals surface area contributed by atoms with Gasteiger partial charge >= 0.3 is 30.2 Å². The number of aliphatic carboxylic acids is 2. The molecule has 1 rings (SSSR count). The van der Waals surface area contributed by atoms with Crippen LogP contribution in [-0.2, 0) is 62.1 Å². The third-order valence-electron chi connectivity index (χ3n) is 12.1. The van der Waals surface area contributed by atoms with Gasteiger partial charge in [0.2, 0.25) is 35.4 Å². The molecule has 0 unspecified atom stereocenters. The van der Waals surface area contributed by atoms with Crippen LogP contribution in [0.1, 0.15) is 200 Å². The smallest absolute Gasteiger partial charge is 0.481 e. The zero-order chi connectivity index (χ0) is 73.1. The minimum Gasteiger partial charge on any atom is -0.481 e. The third kappa shape index (κ3) is 52.3. The molecule has 0 radical (unpaired) electrons. The first kappa shape index (κ1) is 93.5. The molecular weight excluding hydrogens is 1160 g/mol. The van der Waals surface area contributed by atoms with Crippen LogP contribution >= 0.6 is 0 Å². The Morgan fingerprint density at radius 3 is 1.14 bits per heavy atom. The maximum atomic E-state index is 12.0. The molecule has 1 heterocycles. The van der Waals surface area contributed by atoms with Gasteiger partial charge < -0.3 is 68.5 Å². The van der Waals surface area contributed by atoms with Crippen molar-refractivity contribution in [3.8, 4) is 0 Å². The normalized spacial score (nSPS) is 15.7. The van der Waals surface area contributed by atoms with Gasteiger partial charge in [-0.15, -0.1) is 0 Å². The van der Waals surface area contributed by atoms with Crippen LogP contribution in [0.2, 0.25) is 0 Å². The molecule has 0 fully saturated rings. The Kier molecular flexibility index (Phi) is 44.0. The van der Waals surface area contributed by atoms with E-state index in [1.54, 1.807) is 87.5 Å². The molecule has 14 N–H and O–H groups in total. The molecule has 0 aromatic heterocycles. The summed E-state index contributed by atoms with van der Waals surface area (Å²) < 4.78 is 19.2. The number of primary amides is 4. The van der Waals surface area contributed by atoms with Crippen molar-refractivity contribution >= 4 is 65.7 Å². The van der Waals surface area contributed by atoms with E-state index in [-0.39, 0.29) is 69.2 Å². The van der Waals surface area contributed by atoms with Gasteiger partial charge in [-0.25, -0.2) is 19.2 Å². The molecule has 518 valence electrons. The Labute approximate surface area is 537 Å². The molecule has 1 aliphatic heterocycles. The molecule has 0 aromatic rings. The van der Waals surface area contributed by atoms with Crippen LogP contribution in [0.25, 0.3) is 0 Å². The number of carboxylic acid groups (broad SMARTS) is 2. The molecule has 0 saturated heterocycles. The SMILES string of the molecule is C/C=C\C(=O)N[C@H](C(N)=O)C(C)(C)C.C/C=C\C(=O)O.CC(C)(C)OC(=O)OC(=O)OC(C)(C)C.CC(C)(C)[C@H](N)C(N)=O.CC1=CC[C@@H]([C@@H](C)/C=C(C)/C=C\C=C/C(=O)N[C@H](C(N)=O)C(C)(C)C)OC1=O.C[C@H](C(=O)O)C(C)(C)C.C[C@H](C(N)=O)C(C)(C)C. The molecule has 6 amide bonds. The molecule has 7 atom stereocenters. The van der Waals surface area contributed by atoms with Crippen molar-refractivity contribution in [2.24, 2.45) is 73.5 Å². The number of esters is 1. The highest BCUT2D eigenvalue weighted by Crippen LogP contribution is 2.26. The topological polar surface area (TPSA) is 419 Å². The van der Waals surface area contributed by atoms with Crippen molar-refractivity contribution in [2.75, 3.05) is 0 Å². The summed E-state index contributed by atoms with van der Waals surface area (Å²) in [5.74, 6) is -4.53. The molecule has 24 nitrogen and oxygen atoms in total. The first-order chi connectivity index (χ1) is 40.0. The third-order valence-corrected chi connectivity index (χ3v) is 12.1. The lowest BCUT2D eigenvalue weighted by Crippen LogP contribution is -2.51. The van der Waals surface area contributed by atoms with Crippen LogP contribution in [0.3, 0.4) is 0 Å². The zero-order valence-corrected chi connectivity index (χ0v) is 59.4. The van der Waals surface area contributed by atoms with Crippen LogP contribution in [-0.4, -0.2) is 111 Å². The maximum Gasteiger partial charge on any atom is 0.519 e. The summed E-state index contributed by atoms with van der Waals surface area (Å²) in [4.78, 5) is 120. The highest BCUT2D eigenvalue weighted by molar-refractivity contribution is 5.93.